The Bertz CT molecular complexity index is 557. The van der Waals surface area contributed by atoms with Gasteiger partial charge in [0.1, 0.15) is 5.56 Å². The summed E-state index contributed by atoms with van der Waals surface area (Å²) in [5.41, 5.74) is -1.98. The van der Waals surface area contributed by atoms with Gasteiger partial charge in [0.25, 0.3) is 11.6 Å². The van der Waals surface area contributed by atoms with Crippen LogP contribution in [0.3, 0.4) is 0 Å². The monoisotopic (exact) mass is 428 g/mol. The normalized spacial score (nSPS) is 11.3. The number of nitrogens with one attached hydrogen (secondary N) is 1. The molecule has 1 aromatic rings. The summed E-state index contributed by atoms with van der Waals surface area (Å²) in [6, 6.07) is 0.936. The summed E-state index contributed by atoms with van der Waals surface area (Å²) in [6.07, 6.45) is 0.534. The Hall–Kier alpha value is -1.09. The lowest BCUT2D eigenvalue weighted by Crippen LogP contribution is -2.51. The van der Waals surface area contributed by atoms with Crippen LogP contribution in [0.2, 0.25) is 0 Å². The Morgan fingerprint density at radius 2 is 1.86 bits per heavy atom. The standard InChI is InChI=1S/C12H12Br2F2N2O3/c1-2-12(5-13,6-14)17-11(19)7-3-8(15)9(16)4-10(7)18(20)21/h3-4H,2,5-6H2,1H3,(H,17,19). The second kappa shape index (κ2) is 7.26. The molecule has 1 aromatic carbocycles. The van der Waals surface area contributed by atoms with E-state index < -0.39 is 39.3 Å². The van der Waals surface area contributed by atoms with Crippen LogP contribution in [-0.4, -0.2) is 27.0 Å². The summed E-state index contributed by atoms with van der Waals surface area (Å²) in [6.45, 7) is 1.82. The van der Waals surface area contributed by atoms with Gasteiger partial charge in [0.2, 0.25) is 0 Å². The van der Waals surface area contributed by atoms with Crippen LogP contribution in [-0.2, 0) is 0 Å². The number of nitrogens with zero attached hydrogens (tertiary/aromatic N) is 1. The van der Waals surface area contributed by atoms with Gasteiger partial charge in [0.05, 0.1) is 16.5 Å². The topological polar surface area (TPSA) is 72.2 Å². The number of hydrogen-bond donors (Lipinski definition) is 1. The smallest absolute Gasteiger partial charge is 0.285 e. The number of halogens is 4. The van der Waals surface area contributed by atoms with E-state index in [1.54, 1.807) is 0 Å². The Labute approximate surface area is 136 Å². The third-order valence-corrected chi connectivity index (χ3v) is 5.19. The van der Waals surface area contributed by atoms with Crippen molar-refractivity contribution in [2.75, 3.05) is 10.7 Å². The summed E-state index contributed by atoms with van der Waals surface area (Å²) in [7, 11) is 0. The first-order valence-electron chi connectivity index (χ1n) is 5.88. The quantitative estimate of drug-likeness (QED) is 0.427. The minimum absolute atomic E-state index is 0.394. The molecular weight excluding hydrogens is 418 g/mol. The van der Waals surface area contributed by atoms with E-state index in [9.17, 15) is 23.7 Å². The molecule has 0 fully saturated rings. The van der Waals surface area contributed by atoms with Gasteiger partial charge >= 0.3 is 0 Å². The summed E-state index contributed by atoms with van der Waals surface area (Å²) in [5, 5.41) is 14.3. The molecule has 0 aliphatic heterocycles. The van der Waals surface area contributed by atoms with Crippen LogP contribution in [0.15, 0.2) is 12.1 Å². The number of nitro groups is 1. The molecule has 0 heterocycles. The fourth-order valence-electron chi connectivity index (χ4n) is 1.56. The van der Waals surface area contributed by atoms with E-state index in [1.807, 2.05) is 6.92 Å². The molecule has 9 heteroatoms. The predicted octanol–water partition coefficient (Wildman–Crippen LogP) is 3.54. The number of nitro benzene ring substituents is 1. The summed E-state index contributed by atoms with van der Waals surface area (Å²) >= 11 is 6.51. The molecule has 0 aromatic heterocycles. The van der Waals surface area contributed by atoms with Crippen molar-refractivity contribution in [3.8, 4) is 0 Å². The maximum Gasteiger partial charge on any atom is 0.285 e. The first-order valence-corrected chi connectivity index (χ1v) is 8.12. The van der Waals surface area contributed by atoms with Gasteiger partial charge in [-0.25, -0.2) is 8.78 Å². The average Bonchev–Trinajstić information content (AvgIpc) is 2.46. The second-order valence-electron chi connectivity index (χ2n) is 4.40. The zero-order valence-corrected chi connectivity index (χ0v) is 14.1. The number of alkyl halides is 2. The maximum atomic E-state index is 13.3. The molecule has 5 nitrogen and oxygen atoms in total. The van der Waals surface area contributed by atoms with Crippen LogP contribution < -0.4 is 5.32 Å². The molecular formula is C12H12Br2F2N2O3. The van der Waals surface area contributed by atoms with Crippen LogP contribution in [0.5, 0.6) is 0 Å². The van der Waals surface area contributed by atoms with Gasteiger partial charge in [-0.2, -0.15) is 0 Å². The highest BCUT2D eigenvalue weighted by Gasteiger charge is 2.31. The van der Waals surface area contributed by atoms with Crippen molar-refractivity contribution >= 4 is 43.5 Å². The van der Waals surface area contributed by atoms with E-state index in [4.69, 9.17) is 0 Å². The van der Waals surface area contributed by atoms with Gasteiger partial charge in [-0.3, -0.25) is 14.9 Å². The van der Waals surface area contributed by atoms with Crippen LogP contribution in [0, 0.1) is 21.7 Å². The van der Waals surface area contributed by atoms with Crippen LogP contribution >= 0.6 is 31.9 Å². The third-order valence-electron chi connectivity index (χ3n) is 3.05. The van der Waals surface area contributed by atoms with Crippen molar-refractivity contribution in [1.82, 2.24) is 5.32 Å². The molecule has 116 valence electrons. The highest BCUT2D eigenvalue weighted by atomic mass is 79.9. The summed E-state index contributed by atoms with van der Waals surface area (Å²) in [4.78, 5) is 22.1. The lowest BCUT2D eigenvalue weighted by atomic mass is 10.0. The third kappa shape index (κ3) is 3.97. The fourth-order valence-corrected chi connectivity index (χ4v) is 3.56. The van der Waals surface area contributed by atoms with E-state index >= 15 is 0 Å². The number of hydrogen-bond acceptors (Lipinski definition) is 3. The summed E-state index contributed by atoms with van der Waals surface area (Å²) in [5.74, 6) is -3.52. The van der Waals surface area contributed by atoms with E-state index in [1.165, 1.54) is 0 Å². The second-order valence-corrected chi connectivity index (χ2v) is 5.52. The van der Waals surface area contributed by atoms with E-state index in [0.717, 1.165) is 0 Å². The zero-order chi connectivity index (χ0) is 16.2. The van der Waals surface area contributed by atoms with E-state index in [2.05, 4.69) is 37.2 Å². The average molecular weight is 430 g/mol. The van der Waals surface area contributed by atoms with Crippen molar-refractivity contribution in [1.29, 1.82) is 0 Å². The molecule has 21 heavy (non-hydrogen) atoms. The van der Waals surface area contributed by atoms with Crippen molar-refractivity contribution in [3.63, 3.8) is 0 Å². The lowest BCUT2D eigenvalue weighted by molar-refractivity contribution is -0.385. The van der Waals surface area contributed by atoms with Gasteiger partial charge in [-0.05, 0) is 12.5 Å². The molecule has 0 spiro atoms. The highest BCUT2D eigenvalue weighted by Crippen LogP contribution is 2.24. The molecule has 0 aliphatic rings. The number of amides is 1. The largest absolute Gasteiger partial charge is 0.345 e. The number of carbonyl (C=O) groups is 1. The zero-order valence-electron chi connectivity index (χ0n) is 11.0. The first-order chi connectivity index (χ1) is 9.80. The molecule has 0 unspecified atom stereocenters. The van der Waals surface area contributed by atoms with Gasteiger partial charge in [0.15, 0.2) is 11.6 Å². The van der Waals surface area contributed by atoms with Crippen molar-refractivity contribution in [2.45, 2.75) is 18.9 Å². The van der Waals surface area contributed by atoms with Crippen molar-refractivity contribution < 1.29 is 18.5 Å². The van der Waals surface area contributed by atoms with Crippen LogP contribution in [0.4, 0.5) is 14.5 Å². The van der Waals surface area contributed by atoms with Crippen LogP contribution in [0.25, 0.3) is 0 Å². The Kier molecular flexibility index (Phi) is 6.21. The molecule has 1 amide bonds. The molecule has 0 aliphatic carbocycles. The molecule has 0 radical (unpaired) electrons. The van der Waals surface area contributed by atoms with Gasteiger partial charge in [0, 0.05) is 10.7 Å². The minimum Gasteiger partial charge on any atom is -0.345 e. The van der Waals surface area contributed by atoms with Crippen LogP contribution in [0.1, 0.15) is 23.7 Å². The maximum absolute atomic E-state index is 13.3. The van der Waals surface area contributed by atoms with Crippen molar-refractivity contribution in [2.24, 2.45) is 0 Å². The van der Waals surface area contributed by atoms with E-state index in [0.29, 0.717) is 29.2 Å². The predicted molar refractivity (Wildman–Crippen MR) is 81.1 cm³/mol. The van der Waals surface area contributed by atoms with Gasteiger partial charge < -0.3 is 5.32 Å². The number of benzene rings is 1. The lowest BCUT2D eigenvalue weighted by Gasteiger charge is -2.29. The molecule has 0 saturated heterocycles. The molecule has 1 rings (SSSR count). The molecule has 0 bridgehead atoms. The van der Waals surface area contributed by atoms with Crippen molar-refractivity contribution in [3.05, 3.63) is 39.4 Å². The molecule has 0 atom stereocenters. The Balaban J connectivity index is 3.24. The Morgan fingerprint density at radius 3 is 2.29 bits per heavy atom. The van der Waals surface area contributed by atoms with Gasteiger partial charge in [-0.15, -0.1) is 0 Å². The summed E-state index contributed by atoms with van der Waals surface area (Å²) < 4.78 is 26.4. The SMILES string of the molecule is CCC(CBr)(CBr)NC(=O)c1cc(F)c(F)cc1[N+](=O)[O-]. The fraction of sp³-hybridized carbons (Fsp3) is 0.417. The molecule has 1 N–H and O–H groups in total. The molecule has 0 saturated carbocycles. The number of carbonyl (C=O) groups excluding carboxylic acids is 1. The number of rotatable bonds is 6. The highest BCUT2D eigenvalue weighted by molar-refractivity contribution is 9.09. The van der Waals surface area contributed by atoms with Gasteiger partial charge in [-0.1, -0.05) is 38.8 Å². The minimum atomic E-state index is -1.37. The Morgan fingerprint density at radius 1 is 1.33 bits per heavy atom. The first kappa shape index (κ1) is 18.0. The van der Waals surface area contributed by atoms with E-state index in [-0.39, 0.29) is 0 Å².